The Morgan fingerprint density at radius 2 is 2.11 bits per heavy atom. The van der Waals surface area contributed by atoms with Gasteiger partial charge in [-0.2, -0.15) is 0 Å². The van der Waals surface area contributed by atoms with Gasteiger partial charge in [-0.05, 0) is 6.92 Å². The third-order valence-corrected chi connectivity index (χ3v) is 1.24. The van der Waals surface area contributed by atoms with Gasteiger partial charge in [0.15, 0.2) is 0 Å². The van der Waals surface area contributed by atoms with E-state index >= 15 is 0 Å². The number of hydrogen-bond acceptors (Lipinski definition) is 4. The Morgan fingerprint density at radius 3 is 2.22 bits per heavy atom. The van der Waals surface area contributed by atoms with E-state index in [1.54, 1.807) is 0 Å². The van der Waals surface area contributed by atoms with Crippen LogP contribution in [0.4, 0.5) is 0 Å². The van der Waals surface area contributed by atoms with Gasteiger partial charge in [0.2, 0.25) is 0 Å². The summed E-state index contributed by atoms with van der Waals surface area (Å²) in [5, 5.41) is 26.0. The predicted octanol–water partition coefficient (Wildman–Crippen LogP) is -1.60. The lowest BCUT2D eigenvalue weighted by Gasteiger charge is -2.24. The molecule has 0 heterocycles. The Labute approximate surface area is 53.9 Å². The van der Waals surface area contributed by atoms with Gasteiger partial charge < -0.3 is 21.1 Å². The average molecular weight is 135 g/mol. The smallest absolute Gasteiger partial charge is 0.141 e. The van der Waals surface area contributed by atoms with E-state index in [4.69, 9.17) is 21.1 Å². The highest BCUT2D eigenvalue weighted by Gasteiger charge is 2.25. The van der Waals surface area contributed by atoms with Gasteiger partial charge in [0, 0.05) is 13.0 Å². The maximum absolute atomic E-state index is 8.96. The summed E-state index contributed by atoms with van der Waals surface area (Å²) < 4.78 is 0. The molecule has 5 N–H and O–H groups in total. The van der Waals surface area contributed by atoms with Gasteiger partial charge in [-0.1, -0.05) is 0 Å². The predicted molar refractivity (Wildman–Crippen MR) is 32.5 cm³/mol. The first-order valence-corrected chi connectivity index (χ1v) is 2.81. The number of nitrogens with two attached hydrogens (primary N) is 1. The Kier molecular flexibility index (Phi) is 3.07. The molecule has 4 heteroatoms. The molecule has 2 atom stereocenters. The van der Waals surface area contributed by atoms with E-state index in [1.165, 1.54) is 6.92 Å². The summed E-state index contributed by atoms with van der Waals surface area (Å²) in [6, 6.07) is 0. The van der Waals surface area contributed by atoms with Crippen molar-refractivity contribution < 1.29 is 15.3 Å². The van der Waals surface area contributed by atoms with Crippen molar-refractivity contribution in [3.8, 4) is 0 Å². The molecule has 0 saturated heterocycles. The van der Waals surface area contributed by atoms with Crippen molar-refractivity contribution >= 4 is 0 Å². The molecule has 1 unspecified atom stereocenters. The number of hydrogen-bond donors (Lipinski definition) is 4. The van der Waals surface area contributed by atoms with Crippen molar-refractivity contribution in [3.05, 3.63) is 0 Å². The minimum absolute atomic E-state index is 0.00926. The van der Waals surface area contributed by atoms with Gasteiger partial charge in [-0.25, -0.2) is 0 Å². The highest BCUT2D eigenvalue weighted by Crippen LogP contribution is 2.05. The lowest BCUT2D eigenvalue weighted by molar-refractivity contribution is -0.0744. The Hall–Kier alpha value is -0.160. The van der Waals surface area contributed by atoms with Crippen LogP contribution >= 0.6 is 0 Å². The SMILES string of the molecule is CC(O)[C@](N)(O)CCO. The first kappa shape index (κ1) is 8.84. The molecule has 4 nitrogen and oxygen atoms in total. The van der Waals surface area contributed by atoms with Crippen LogP contribution in [0.3, 0.4) is 0 Å². The molecule has 0 fully saturated rings. The highest BCUT2D eigenvalue weighted by atomic mass is 16.4. The molecule has 0 aliphatic rings. The van der Waals surface area contributed by atoms with E-state index in [9.17, 15) is 0 Å². The Morgan fingerprint density at radius 1 is 1.67 bits per heavy atom. The van der Waals surface area contributed by atoms with Crippen LogP contribution in [0.5, 0.6) is 0 Å². The van der Waals surface area contributed by atoms with Gasteiger partial charge in [0.05, 0.1) is 6.10 Å². The molecular weight excluding hydrogens is 122 g/mol. The summed E-state index contributed by atoms with van der Waals surface area (Å²) in [4.78, 5) is 0. The largest absolute Gasteiger partial charge is 0.396 e. The molecule has 0 aliphatic carbocycles. The van der Waals surface area contributed by atoms with Crippen LogP contribution in [0.15, 0.2) is 0 Å². The summed E-state index contributed by atoms with van der Waals surface area (Å²) in [7, 11) is 0. The van der Waals surface area contributed by atoms with Crippen molar-refractivity contribution in [2.45, 2.75) is 25.2 Å². The molecule has 0 bridgehead atoms. The highest BCUT2D eigenvalue weighted by molar-refractivity contribution is 4.75. The zero-order valence-electron chi connectivity index (χ0n) is 5.41. The second-order valence-corrected chi connectivity index (χ2v) is 2.14. The van der Waals surface area contributed by atoms with E-state index in [2.05, 4.69) is 0 Å². The molecule has 0 radical (unpaired) electrons. The summed E-state index contributed by atoms with van der Waals surface area (Å²) in [5.41, 5.74) is 3.47. The van der Waals surface area contributed by atoms with Crippen LogP contribution in [0.25, 0.3) is 0 Å². The van der Waals surface area contributed by atoms with Gasteiger partial charge >= 0.3 is 0 Å². The van der Waals surface area contributed by atoms with Crippen molar-refractivity contribution in [2.75, 3.05) is 6.61 Å². The van der Waals surface area contributed by atoms with Crippen molar-refractivity contribution in [1.82, 2.24) is 0 Å². The first-order valence-electron chi connectivity index (χ1n) is 2.81. The monoisotopic (exact) mass is 135 g/mol. The molecule has 0 aromatic carbocycles. The maximum atomic E-state index is 8.96. The lowest BCUT2D eigenvalue weighted by Crippen LogP contribution is -2.50. The molecule has 0 amide bonds. The Bertz CT molecular complexity index is 82.3. The van der Waals surface area contributed by atoms with Gasteiger partial charge in [-0.3, -0.25) is 0 Å². The quantitative estimate of drug-likeness (QED) is 0.351. The second-order valence-electron chi connectivity index (χ2n) is 2.14. The fraction of sp³-hybridized carbons (Fsp3) is 1.00. The molecule has 0 aliphatic heterocycles. The zero-order chi connectivity index (χ0) is 7.49. The lowest BCUT2D eigenvalue weighted by atomic mass is 10.1. The summed E-state index contributed by atoms with van der Waals surface area (Å²) in [6.45, 7) is 1.15. The number of aliphatic hydroxyl groups is 3. The third-order valence-electron chi connectivity index (χ3n) is 1.24. The zero-order valence-corrected chi connectivity index (χ0v) is 5.41. The average Bonchev–Trinajstić information content (AvgIpc) is 1.65. The third kappa shape index (κ3) is 2.76. The molecule has 0 spiro atoms. The molecule has 0 rings (SSSR count). The molecular formula is C5H13NO3. The minimum atomic E-state index is -1.64. The number of aliphatic hydroxyl groups excluding tert-OH is 2. The van der Waals surface area contributed by atoms with Crippen molar-refractivity contribution in [2.24, 2.45) is 5.73 Å². The maximum Gasteiger partial charge on any atom is 0.141 e. The van der Waals surface area contributed by atoms with E-state index in [1.807, 2.05) is 0 Å². The van der Waals surface area contributed by atoms with Gasteiger partial charge in [0.25, 0.3) is 0 Å². The van der Waals surface area contributed by atoms with E-state index < -0.39 is 11.8 Å². The Balaban J connectivity index is 3.70. The summed E-state index contributed by atoms with van der Waals surface area (Å²) in [5.74, 6) is 0. The normalized spacial score (nSPS) is 21.0. The van der Waals surface area contributed by atoms with Crippen LogP contribution < -0.4 is 5.73 Å². The molecule has 0 aromatic rings. The molecule has 9 heavy (non-hydrogen) atoms. The van der Waals surface area contributed by atoms with E-state index in [-0.39, 0.29) is 13.0 Å². The van der Waals surface area contributed by atoms with Crippen LogP contribution in [-0.2, 0) is 0 Å². The second kappa shape index (κ2) is 3.12. The standard InChI is InChI=1S/C5H13NO3/c1-4(8)5(6,9)2-3-7/h4,7-9H,2-3,6H2,1H3/t4?,5-/m1/s1. The van der Waals surface area contributed by atoms with Gasteiger partial charge in [0.1, 0.15) is 5.72 Å². The van der Waals surface area contributed by atoms with Crippen molar-refractivity contribution in [3.63, 3.8) is 0 Å². The molecule has 56 valence electrons. The van der Waals surface area contributed by atoms with Gasteiger partial charge in [-0.15, -0.1) is 0 Å². The fourth-order valence-electron chi connectivity index (χ4n) is 0.388. The van der Waals surface area contributed by atoms with E-state index in [0.717, 1.165) is 0 Å². The van der Waals surface area contributed by atoms with Crippen LogP contribution in [-0.4, -0.2) is 33.8 Å². The molecule has 0 aromatic heterocycles. The van der Waals surface area contributed by atoms with Crippen LogP contribution in [0.2, 0.25) is 0 Å². The molecule has 0 saturated carbocycles. The van der Waals surface area contributed by atoms with Crippen LogP contribution in [0, 0.1) is 0 Å². The van der Waals surface area contributed by atoms with E-state index in [0.29, 0.717) is 0 Å². The van der Waals surface area contributed by atoms with Crippen molar-refractivity contribution in [1.29, 1.82) is 0 Å². The minimum Gasteiger partial charge on any atom is -0.396 e. The first-order chi connectivity index (χ1) is 4.00. The topological polar surface area (TPSA) is 86.7 Å². The summed E-state index contributed by atoms with van der Waals surface area (Å²) >= 11 is 0. The summed E-state index contributed by atoms with van der Waals surface area (Å²) in [6.07, 6.45) is -1.02. The number of rotatable bonds is 3. The fourth-order valence-corrected chi connectivity index (χ4v) is 0.388. The van der Waals surface area contributed by atoms with Crippen LogP contribution in [0.1, 0.15) is 13.3 Å².